The maximum atomic E-state index is 13.0. The molecule has 3 rings (SSSR count). The number of hydrogen-bond donors (Lipinski definition) is 0. The molecule has 0 aliphatic carbocycles. The highest BCUT2D eigenvalue weighted by molar-refractivity contribution is 7.89. The molecule has 0 atom stereocenters. The summed E-state index contributed by atoms with van der Waals surface area (Å²) in [4.78, 5) is 30.0. The number of amides is 1. The first-order valence-corrected chi connectivity index (χ1v) is 14.0. The normalized spacial score (nSPS) is 12.4. The van der Waals surface area contributed by atoms with Gasteiger partial charge in [-0.15, -0.1) is 0 Å². The van der Waals surface area contributed by atoms with E-state index in [1.807, 2.05) is 31.4 Å². The number of carbonyl (C=O) groups excluding carboxylic acids is 2. The molecule has 0 fully saturated rings. The number of sulfonamides is 1. The average molecular weight is 518 g/mol. The lowest BCUT2D eigenvalue weighted by Gasteiger charge is -2.21. The van der Waals surface area contributed by atoms with Crippen molar-refractivity contribution >= 4 is 43.5 Å². The highest BCUT2D eigenvalue weighted by Gasteiger charge is 2.23. The molecule has 0 saturated heterocycles. The smallest absolute Gasteiger partial charge is 0.338 e. The summed E-state index contributed by atoms with van der Waals surface area (Å²) in [5.41, 5.74) is 1.61. The van der Waals surface area contributed by atoms with Gasteiger partial charge in [0.1, 0.15) is 0 Å². The predicted molar refractivity (Wildman–Crippen MR) is 137 cm³/mol. The third-order valence-electron chi connectivity index (χ3n) is 5.39. The Hall–Kier alpha value is -2.82. The molecule has 1 heterocycles. The highest BCUT2D eigenvalue weighted by Crippen LogP contribution is 2.21. The van der Waals surface area contributed by atoms with E-state index in [9.17, 15) is 18.0 Å². The van der Waals surface area contributed by atoms with Gasteiger partial charge in [0, 0.05) is 25.2 Å². The van der Waals surface area contributed by atoms with Crippen LogP contribution in [0.3, 0.4) is 0 Å². The van der Waals surface area contributed by atoms with Gasteiger partial charge in [0.25, 0.3) is 5.91 Å². The number of thiazole rings is 1. The molecule has 10 heteroatoms. The third kappa shape index (κ3) is 5.88. The summed E-state index contributed by atoms with van der Waals surface area (Å²) < 4.78 is 35.2. The second kappa shape index (κ2) is 11.7. The molecule has 8 nitrogen and oxygen atoms in total. The van der Waals surface area contributed by atoms with Crippen molar-refractivity contribution in [1.82, 2.24) is 8.87 Å². The minimum absolute atomic E-state index is 0.160. The molecule has 1 amide bonds. The van der Waals surface area contributed by atoms with Crippen LogP contribution in [0.15, 0.2) is 52.4 Å². The van der Waals surface area contributed by atoms with Crippen LogP contribution in [0.2, 0.25) is 0 Å². The van der Waals surface area contributed by atoms with Gasteiger partial charge in [0.15, 0.2) is 4.80 Å². The first-order valence-electron chi connectivity index (χ1n) is 11.8. The number of aryl methyl sites for hydroxylation is 1. The fourth-order valence-corrected chi connectivity index (χ4v) is 6.48. The summed E-state index contributed by atoms with van der Waals surface area (Å²) in [7, 11) is -3.62. The molecule has 0 saturated carbocycles. The lowest BCUT2D eigenvalue weighted by molar-refractivity contribution is 0.0526. The van der Waals surface area contributed by atoms with Crippen molar-refractivity contribution in [2.75, 3.05) is 19.7 Å². The molecule has 188 valence electrons. The summed E-state index contributed by atoms with van der Waals surface area (Å²) in [6.45, 7) is 9.37. The average Bonchev–Trinajstić information content (AvgIpc) is 3.20. The second-order valence-electron chi connectivity index (χ2n) is 7.88. The molecular formula is C25H31N3O5S2. The molecular weight excluding hydrogens is 486 g/mol. The quantitative estimate of drug-likeness (QED) is 0.370. The van der Waals surface area contributed by atoms with Crippen LogP contribution in [0.1, 0.15) is 61.3 Å². The van der Waals surface area contributed by atoms with Crippen molar-refractivity contribution in [2.24, 2.45) is 4.99 Å². The number of ether oxygens (including phenoxy) is 1. The van der Waals surface area contributed by atoms with Crippen molar-refractivity contribution in [3.8, 4) is 0 Å². The number of rotatable bonds is 10. The summed E-state index contributed by atoms with van der Waals surface area (Å²) in [6, 6.07) is 11.2. The Bertz CT molecular complexity index is 1370. The molecule has 0 aliphatic heterocycles. The molecule has 0 aliphatic rings. The van der Waals surface area contributed by atoms with E-state index >= 15 is 0 Å². The number of esters is 1. The molecule has 0 unspecified atom stereocenters. The Kier molecular flexibility index (Phi) is 8.98. The van der Waals surface area contributed by atoms with Crippen LogP contribution in [0.25, 0.3) is 10.2 Å². The van der Waals surface area contributed by atoms with Crippen LogP contribution >= 0.6 is 11.3 Å². The van der Waals surface area contributed by atoms with Crippen molar-refractivity contribution < 1.29 is 22.7 Å². The minimum atomic E-state index is -3.62. The van der Waals surface area contributed by atoms with Crippen LogP contribution in [0, 0.1) is 0 Å². The van der Waals surface area contributed by atoms with Gasteiger partial charge in [0.2, 0.25) is 10.0 Å². The zero-order valence-corrected chi connectivity index (χ0v) is 22.1. The molecule has 0 bridgehead atoms. The van der Waals surface area contributed by atoms with Gasteiger partial charge in [-0.05, 0) is 69.2 Å². The Morgan fingerprint density at radius 1 is 0.971 bits per heavy atom. The third-order valence-corrected chi connectivity index (χ3v) is 8.35. The van der Waals surface area contributed by atoms with E-state index in [4.69, 9.17) is 4.74 Å². The number of aromatic nitrogens is 1. The second-order valence-corrected chi connectivity index (χ2v) is 10.8. The van der Waals surface area contributed by atoms with Crippen LogP contribution in [0.4, 0.5) is 0 Å². The summed E-state index contributed by atoms with van der Waals surface area (Å²) in [5, 5.41) is 0. The number of hydrogen-bond acceptors (Lipinski definition) is 6. The molecule has 35 heavy (non-hydrogen) atoms. The first kappa shape index (κ1) is 26.8. The minimum Gasteiger partial charge on any atom is -0.462 e. The lowest BCUT2D eigenvalue weighted by atomic mass is 10.2. The van der Waals surface area contributed by atoms with Gasteiger partial charge in [-0.2, -0.15) is 9.30 Å². The first-order chi connectivity index (χ1) is 16.8. The molecule has 0 N–H and O–H groups in total. The number of nitrogens with zero attached hydrogens (tertiary/aromatic N) is 3. The topological polar surface area (TPSA) is 98.0 Å². The van der Waals surface area contributed by atoms with Crippen LogP contribution < -0.4 is 4.80 Å². The van der Waals surface area contributed by atoms with E-state index in [-0.39, 0.29) is 4.90 Å². The van der Waals surface area contributed by atoms with Gasteiger partial charge >= 0.3 is 5.97 Å². The van der Waals surface area contributed by atoms with Crippen LogP contribution in [-0.2, 0) is 21.3 Å². The van der Waals surface area contributed by atoms with E-state index in [0.717, 1.165) is 23.1 Å². The van der Waals surface area contributed by atoms with Gasteiger partial charge in [0.05, 0.1) is 27.3 Å². The molecule has 0 radical (unpaired) electrons. The number of fused-ring (bicyclic) bond motifs is 1. The van der Waals surface area contributed by atoms with E-state index in [1.165, 1.54) is 39.9 Å². The maximum Gasteiger partial charge on any atom is 0.338 e. The summed E-state index contributed by atoms with van der Waals surface area (Å²) in [5.74, 6) is -0.862. The van der Waals surface area contributed by atoms with E-state index in [2.05, 4.69) is 4.99 Å². The predicted octanol–water partition coefficient (Wildman–Crippen LogP) is 4.45. The fraction of sp³-hybridized carbons (Fsp3) is 0.400. The standard InChI is InChI=1S/C25H31N3O5S2/c1-5-15-27(16-6-2)35(31,32)20-12-9-18(10-13-20)23(29)26-25-28(7-3)21-14-11-19(17-22(21)34-25)24(30)33-8-4/h9-14,17H,5-8,15-16H2,1-4H3. The van der Waals surface area contributed by atoms with E-state index in [1.54, 1.807) is 19.1 Å². The SMILES string of the molecule is CCCN(CCC)S(=O)(=O)c1ccc(C(=O)N=c2sc3cc(C(=O)OCC)ccc3n2CC)cc1. The molecule has 0 spiro atoms. The van der Waals surface area contributed by atoms with Gasteiger partial charge in [-0.1, -0.05) is 25.2 Å². The van der Waals surface area contributed by atoms with Gasteiger partial charge < -0.3 is 9.30 Å². The Morgan fingerprint density at radius 2 is 1.60 bits per heavy atom. The van der Waals surface area contributed by atoms with Gasteiger partial charge in [-0.25, -0.2) is 13.2 Å². The van der Waals surface area contributed by atoms with Crippen molar-refractivity contribution in [1.29, 1.82) is 0 Å². The maximum absolute atomic E-state index is 13.0. The fourth-order valence-electron chi connectivity index (χ4n) is 3.73. The lowest BCUT2D eigenvalue weighted by Crippen LogP contribution is -2.32. The van der Waals surface area contributed by atoms with Gasteiger partial charge in [-0.3, -0.25) is 4.79 Å². The Labute approximate surface area is 209 Å². The zero-order valence-electron chi connectivity index (χ0n) is 20.5. The van der Waals surface area contributed by atoms with E-state index < -0.39 is 21.9 Å². The highest BCUT2D eigenvalue weighted by atomic mass is 32.2. The number of carbonyl (C=O) groups is 2. The Balaban J connectivity index is 1.93. The largest absolute Gasteiger partial charge is 0.462 e. The summed E-state index contributed by atoms with van der Waals surface area (Å²) >= 11 is 1.31. The van der Waals surface area contributed by atoms with Crippen molar-refractivity contribution in [3.63, 3.8) is 0 Å². The molecule has 3 aromatic rings. The molecule has 1 aromatic heterocycles. The van der Waals surface area contributed by atoms with Crippen molar-refractivity contribution in [2.45, 2.75) is 52.0 Å². The number of benzene rings is 2. The zero-order chi connectivity index (χ0) is 25.6. The monoisotopic (exact) mass is 517 g/mol. The van der Waals surface area contributed by atoms with Crippen LogP contribution in [-0.4, -0.2) is 48.9 Å². The molecule has 2 aromatic carbocycles. The van der Waals surface area contributed by atoms with E-state index in [0.29, 0.717) is 42.2 Å². The van der Waals surface area contributed by atoms with Crippen molar-refractivity contribution in [3.05, 3.63) is 58.4 Å². The Morgan fingerprint density at radius 3 is 2.17 bits per heavy atom. The summed E-state index contributed by atoms with van der Waals surface area (Å²) in [6.07, 6.45) is 1.45. The van der Waals surface area contributed by atoms with Crippen LogP contribution in [0.5, 0.6) is 0 Å².